The van der Waals surface area contributed by atoms with Crippen molar-refractivity contribution in [2.75, 3.05) is 19.0 Å². The number of para-hydroxylation sites is 1. The van der Waals surface area contributed by atoms with Crippen LogP contribution in [-0.4, -0.2) is 43.7 Å². The average Bonchev–Trinajstić information content (AvgIpc) is 2.78. The fourth-order valence-electron chi connectivity index (χ4n) is 2.42. The highest BCUT2D eigenvalue weighted by Gasteiger charge is 2.15. The van der Waals surface area contributed by atoms with Gasteiger partial charge in [0.15, 0.2) is 18.1 Å². The van der Waals surface area contributed by atoms with Gasteiger partial charge in [-0.15, -0.1) is 0 Å². The Hall–Kier alpha value is -3.15. The third-order valence-corrected chi connectivity index (χ3v) is 5.03. The molecule has 0 saturated heterocycles. The summed E-state index contributed by atoms with van der Waals surface area (Å²) in [5.74, 6) is -1.11. The molecule has 2 aromatic rings. The summed E-state index contributed by atoms with van der Waals surface area (Å²) in [7, 11) is 1.48. The first-order valence-electron chi connectivity index (χ1n) is 9.83. The minimum Gasteiger partial charge on any atom is -0.493 e. The molecule has 0 radical (unpaired) electrons. The van der Waals surface area contributed by atoms with Crippen LogP contribution in [0.25, 0.3) is 0 Å². The molecule has 170 valence electrons. The van der Waals surface area contributed by atoms with Gasteiger partial charge in [-0.2, -0.15) is 5.10 Å². The zero-order valence-electron chi connectivity index (χ0n) is 18.0. The summed E-state index contributed by atoms with van der Waals surface area (Å²) in [4.78, 5) is 35.7. The lowest BCUT2D eigenvalue weighted by atomic mass is 10.2. The molecular formula is C22H25IN4O5. The summed E-state index contributed by atoms with van der Waals surface area (Å²) >= 11 is 2.05. The molecular weight excluding hydrogens is 527 g/mol. The average molecular weight is 552 g/mol. The maximum Gasteiger partial charge on any atom is 0.329 e. The number of ether oxygens (including phenoxy) is 2. The van der Waals surface area contributed by atoms with Crippen molar-refractivity contribution in [1.82, 2.24) is 10.7 Å². The number of nitrogens with one attached hydrogen (secondary N) is 3. The Balaban J connectivity index is 1.98. The first-order chi connectivity index (χ1) is 15.3. The van der Waals surface area contributed by atoms with E-state index in [2.05, 4.69) is 21.2 Å². The molecule has 1 atom stereocenters. The molecule has 0 aliphatic rings. The van der Waals surface area contributed by atoms with Gasteiger partial charge in [0.25, 0.3) is 5.91 Å². The lowest BCUT2D eigenvalue weighted by Crippen LogP contribution is -2.41. The highest BCUT2D eigenvalue weighted by atomic mass is 127. The number of hydrogen-bond donors (Lipinski definition) is 3. The molecule has 0 aliphatic carbocycles. The predicted octanol–water partition coefficient (Wildman–Crippen LogP) is 2.68. The molecule has 0 heterocycles. The number of carbonyl (C=O) groups excluding carboxylic acids is 3. The van der Waals surface area contributed by atoms with Crippen molar-refractivity contribution in [3.8, 4) is 11.5 Å². The lowest BCUT2D eigenvalue weighted by molar-refractivity contribution is -0.139. The van der Waals surface area contributed by atoms with Gasteiger partial charge in [0.05, 0.1) is 16.9 Å². The molecule has 9 nitrogen and oxygen atoms in total. The number of anilines is 1. The maximum absolute atomic E-state index is 12.1. The van der Waals surface area contributed by atoms with Crippen LogP contribution in [0.2, 0.25) is 0 Å². The van der Waals surface area contributed by atoms with Crippen LogP contribution < -0.4 is 25.5 Å². The standard InChI is InChI=1S/C22H25IN4O5/c1-4-14(2)25-21(29)22(30)27-24-12-15-10-17(23)20(18(11-15)31-3)32-13-19(28)26-16-8-6-5-7-9-16/h5-12,14H,4,13H2,1-3H3,(H,25,29)(H,26,28)(H,27,30)/b24-12-/t14-/m1/s1. The number of methoxy groups -OCH3 is 1. The van der Waals surface area contributed by atoms with E-state index in [9.17, 15) is 14.4 Å². The zero-order valence-corrected chi connectivity index (χ0v) is 20.1. The van der Waals surface area contributed by atoms with Gasteiger partial charge in [0, 0.05) is 11.7 Å². The first kappa shape index (κ1) is 25.1. The SMILES string of the molecule is CC[C@@H](C)NC(=O)C(=O)N/N=C\c1cc(I)c(OCC(=O)Nc2ccccc2)c(OC)c1. The monoisotopic (exact) mass is 552 g/mol. The highest BCUT2D eigenvalue weighted by molar-refractivity contribution is 14.1. The zero-order chi connectivity index (χ0) is 23.5. The number of amides is 3. The summed E-state index contributed by atoms with van der Waals surface area (Å²) in [6, 6.07) is 12.3. The molecule has 3 amide bonds. The van der Waals surface area contributed by atoms with Crippen LogP contribution in [0.4, 0.5) is 5.69 Å². The van der Waals surface area contributed by atoms with Gasteiger partial charge in [-0.25, -0.2) is 5.43 Å². The van der Waals surface area contributed by atoms with Gasteiger partial charge >= 0.3 is 11.8 Å². The van der Waals surface area contributed by atoms with Crippen molar-refractivity contribution < 1.29 is 23.9 Å². The second-order valence-corrected chi connectivity index (χ2v) is 7.88. The number of hydrogen-bond acceptors (Lipinski definition) is 6. The van der Waals surface area contributed by atoms with E-state index in [0.29, 0.717) is 32.7 Å². The van der Waals surface area contributed by atoms with E-state index < -0.39 is 11.8 Å². The molecule has 0 fully saturated rings. The second kappa shape index (κ2) is 12.6. The molecule has 2 aromatic carbocycles. The molecule has 32 heavy (non-hydrogen) atoms. The van der Waals surface area contributed by atoms with Crippen LogP contribution in [0.5, 0.6) is 11.5 Å². The number of halogens is 1. The molecule has 0 aliphatic heterocycles. The van der Waals surface area contributed by atoms with Gasteiger partial charge < -0.3 is 20.1 Å². The molecule has 3 N–H and O–H groups in total. The summed E-state index contributed by atoms with van der Waals surface area (Å²) in [5, 5.41) is 9.11. The first-order valence-corrected chi connectivity index (χ1v) is 10.9. The number of nitrogens with zero attached hydrogens (tertiary/aromatic N) is 1. The van der Waals surface area contributed by atoms with Gasteiger partial charge in [-0.1, -0.05) is 25.1 Å². The number of carbonyl (C=O) groups is 3. The highest BCUT2D eigenvalue weighted by Crippen LogP contribution is 2.33. The van der Waals surface area contributed by atoms with Gasteiger partial charge in [-0.05, 0) is 65.8 Å². The van der Waals surface area contributed by atoms with Crippen molar-refractivity contribution in [2.45, 2.75) is 26.3 Å². The Morgan fingerprint density at radius 1 is 1.16 bits per heavy atom. The van der Waals surface area contributed by atoms with E-state index in [4.69, 9.17) is 9.47 Å². The van der Waals surface area contributed by atoms with Crippen LogP contribution in [0, 0.1) is 3.57 Å². The fraction of sp³-hybridized carbons (Fsp3) is 0.273. The van der Waals surface area contributed by atoms with Crippen LogP contribution in [-0.2, 0) is 14.4 Å². The van der Waals surface area contributed by atoms with E-state index >= 15 is 0 Å². The number of rotatable bonds is 9. The lowest BCUT2D eigenvalue weighted by Gasteiger charge is -2.13. The third-order valence-electron chi connectivity index (χ3n) is 4.23. The number of hydrazone groups is 1. The predicted molar refractivity (Wildman–Crippen MR) is 130 cm³/mol. The van der Waals surface area contributed by atoms with Gasteiger partial charge in [0.1, 0.15) is 0 Å². The van der Waals surface area contributed by atoms with E-state index in [1.54, 1.807) is 31.2 Å². The summed E-state index contributed by atoms with van der Waals surface area (Å²) < 4.78 is 11.7. The van der Waals surface area contributed by atoms with E-state index in [-0.39, 0.29) is 18.6 Å². The minimum atomic E-state index is -0.854. The Labute approximate surface area is 200 Å². The normalized spacial score (nSPS) is 11.5. The van der Waals surface area contributed by atoms with Crippen LogP contribution in [0.1, 0.15) is 25.8 Å². The summed E-state index contributed by atoms with van der Waals surface area (Å²) in [6.45, 7) is 3.51. The Morgan fingerprint density at radius 2 is 1.88 bits per heavy atom. The van der Waals surface area contributed by atoms with Crippen LogP contribution in [0.3, 0.4) is 0 Å². The van der Waals surface area contributed by atoms with E-state index in [0.717, 1.165) is 0 Å². The Kier molecular flexibility index (Phi) is 9.92. The topological polar surface area (TPSA) is 118 Å². The molecule has 0 saturated carbocycles. The van der Waals surface area contributed by atoms with Crippen molar-refractivity contribution in [2.24, 2.45) is 5.10 Å². The fourth-order valence-corrected chi connectivity index (χ4v) is 3.20. The van der Waals surface area contributed by atoms with Crippen molar-refractivity contribution in [3.63, 3.8) is 0 Å². The van der Waals surface area contributed by atoms with Gasteiger partial charge in [-0.3, -0.25) is 14.4 Å². The third kappa shape index (κ3) is 7.84. The minimum absolute atomic E-state index is 0.106. The Morgan fingerprint density at radius 3 is 2.53 bits per heavy atom. The Bertz CT molecular complexity index is 982. The van der Waals surface area contributed by atoms with E-state index in [1.807, 2.05) is 47.7 Å². The largest absolute Gasteiger partial charge is 0.493 e. The molecule has 10 heteroatoms. The van der Waals surface area contributed by atoms with E-state index in [1.165, 1.54) is 13.3 Å². The molecule has 0 unspecified atom stereocenters. The summed E-state index contributed by atoms with van der Waals surface area (Å²) in [5.41, 5.74) is 3.47. The van der Waals surface area contributed by atoms with Crippen LogP contribution >= 0.6 is 22.6 Å². The maximum atomic E-state index is 12.1. The molecule has 0 bridgehead atoms. The van der Waals surface area contributed by atoms with Crippen molar-refractivity contribution >= 4 is 52.2 Å². The van der Waals surface area contributed by atoms with Crippen molar-refractivity contribution in [3.05, 3.63) is 51.6 Å². The van der Waals surface area contributed by atoms with Crippen LogP contribution in [0.15, 0.2) is 47.6 Å². The molecule has 0 spiro atoms. The molecule has 2 rings (SSSR count). The molecule has 0 aromatic heterocycles. The number of benzene rings is 2. The summed E-state index contributed by atoms with van der Waals surface area (Å²) in [6.07, 6.45) is 2.09. The van der Waals surface area contributed by atoms with Gasteiger partial charge in [0.2, 0.25) is 0 Å². The van der Waals surface area contributed by atoms with Crippen molar-refractivity contribution in [1.29, 1.82) is 0 Å². The quantitative estimate of drug-likeness (QED) is 0.192. The smallest absolute Gasteiger partial charge is 0.329 e. The second-order valence-electron chi connectivity index (χ2n) is 6.72.